The van der Waals surface area contributed by atoms with Gasteiger partial charge in [-0.15, -0.1) is 0 Å². The summed E-state index contributed by atoms with van der Waals surface area (Å²) in [6.07, 6.45) is 3.46. The van der Waals surface area contributed by atoms with Crippen LogP contribution < -0.4 is 10.6 Å². The Labute approximate surface area is 196 Å². The van der Waals surface area contributed by atoms with Crippen LogP contribution in [0.1, 0.15) is 10.5 Å². The number of halogens is 1. The van der Waals surface area contributed by atoms with Crippen molar-refractivity contribution in [3.05, 3.63) is 83.8 Å². The maximum Gasteiger partial charge on any atom is 0.270 e. The number of piperazine rings is 1. The van der Waals surface area contributed by atoms with Crippen molar-refractivity contribution in [3.63, 3.8) is 0 Å². The number of carbonyl (C=O) groups excluding carboxylic acids is 1. The highest BCUT2D eigenvalue weighted by molar-refractivity contribution is 6.30. The molecule has 4 aromatic rings. The topological polar surface area (TPSA) is 91.1 Å². The number of rotatable bonds is 4. The fraction of sp³-hybridized carbons (Fsp3) is 0.160. The lowest BCUT2D eigenvalue weighted by Crippen LogP contribution is -2.48. The number of anilines is 2. The van der Waals surface area contributed by atoms with Crippen LogP contribution in [0.5, 0.6) is 0 Å². The van der Waals surface area contributed by atoms with Gasteiger partial charge < -0.3 is 20.5 Å². The molecule has 0 atom stereocenters. The lowest BCUT2D eigenvalue weighted by atomic mass is 10.0. The molecule has 3 N–H and O–H groups in total. The van der Waals surface area contributed by atoms with Crippen LogP contribution in [0.15, 0.2) is 73.1 Å². The lowest BCUT2D eigenvalue weighted by Gasteiger charge is -2.36. The molecule has 1 aliphatic rings. The number of carbonyl (C=O) groups is 1. The number of aromatic amines is 1. The number of aromatic nitrogens is 3. The molecule has 7 nitrogen and oxygen atoms in total. The first-order chi connectivity index (χ1) is 16.1. The van der Waals surface area contributed by atoms with Crippen LogP contribution in [-0.4, -0.2) is 51.9 Å². The Bertz CT molecular complexity index is 1280. The number of H-pyrrole nitrogens is 1. The predicted molar refractivity (Wildman–Crippen MR) is 131 cm³/mol. The Morgan fingerprint density at radius 2 is 1.76 bits per heavy atom. The zero-order valence-electron chi connectivity index (χ0n) is 17.9. The van der Waals surface area contributed by atoms with Gasteiger partial charge in [0.05, 0.1) is 5.69 Å². The van der Waals surface area contributed by atoms with E-state index < -0.39 is 0 Å². The summed E-state index contributed by atoms with van der Waals surface area (Å²) in [6, 6.07) is 19.6. The maximum atomic E-state index is 13.2. The van der Waals surface area contributed by atoms with Crippen LogP contribution >= 0.6 is 11.6 Å². The fourth-order valence-corrected chi connectivity index (χ4v) is 4.30. The standard InChI is InChI=1S/C25H23ClN6O/c26-19-6-4-5-17(13-19)21-16-29-25(27)30-23(21)18-14-22(28-15-18)24(33)32-11-9-31(10-12-32)20-7-2-1-3-8-20/h1-8,13-16,28H,9-12H2,(H2,27,29,30). The number of amides is 1. The van der Waals surface area contributed by atoms with Gasteiger partial charge >= 0.3 is 0 Å². The molecule has 0 radical (unpaired) electrons. The van der Waals surface area contributed by atoms with E-state index in [1.54, 1.807) is 12.4 Å². The summed E-state index contributed by atoms with van der Waals surface area (Å²) in [5.41, 5.74) is 10.7. The molecule has 0 saturated carbocycles. The first kappa shape index (κ1) is 21.0. The van der Waals surface area contributed by atoms with Crippen molar-refractivity contribution in [3.8, 4) is 22.4 Å². The van der Waals surface area contributed by atoms with Crippen LogP contribution in [0.25, 0.3) is 22.4 Å². The van der Waals surface area contributed by atoms with Gasteiger partial charge in [-0.05, 0) is 35.9 Å². The molecule has 1 amide bonds. The van der Waals surface area contributed by atoms with Gasteiger partial charge in [0.25, 0.3) is 5.91 Å². The van der Waals surface area contributed by atoms with Gasteiger partial charge in [-0.2, -0.15) is 0 Å². The monoisotopic (exact) mass is 458 g/mol. The summed E-state index contributed by atoms with van der Waals surface area (Å²) in [7, 11) is 0. The molecule has 33 heavy (non-hydrogen) atoms. The highest BCUT2D eigenvalue weighted by atomic mass is 35.5. The van der Waals surface area contributed by atoms with E-state index in [1.807, 2.05) is 53.4 Å². The summed E-state index contributed by atoms with van der Waals surface area (Å²) < 4.78 is 0. The van der Waals surface area contributed by atoms with Crippen molar-refractivity contribution < 1.29 is 4.79 Å². The Hall–Kier alpha value is -3.84. The molecule has 3 heterocycles. The van der Waals surface area contributed by atoms with E-state index in [0.717, 1.165) is 29.8 Å². The van der Waals surface area contributed by atoms with Gasteiger partial charge in [0.15, 0.2) is 0 Å². The minimum absolute atomic E-state index is 0.0275. The highest BCUT2D eigenvalue weighted by Gasteiger charge is 2.24. The Kier molecular flexibility index (Phi) is 5.71. The van der Waals surface area contributed by atoms with Crippen molar-refractivity contribution >= 4 is 29.1 Å². The van der Waals surface area contributed by atoms with Crippen LogP contribution in [0.2, 0.25) is 5.02 Å². The molecule has 2 aromatic carbocycles. The normalized spacial score (nSPS) is 13.8. The zero-order chi connectivity index (χ0) is 22.8. The lowest BCUT2D eigenvalue weighted by molar-refractivity contribution is 0.0741. The number of nitrogens with two attached hydrogens (primary N) is 1. The van der Waals surface area contributed by atoms with Gasteiger partial charge in [-0.1, -0.05) is 41.9 Å². The summed E-state index contributed by atoms with van der Waals surface area (Å²) in [5.74, 6) is 0.141. The molecular formula is C25H23ClN6O. The van der Waals surface area contributed by atoms with E-state index in [9.17, 15) is 4.79 Å². The molecule has 1 fully saturated rings. The van der Waals surface area contributed by atoms with Crippen molar-refractivity contribution in [2.24, 2.45) is 0 Å². The molecule has 2 aromatic heterocycles. The quantitative estimate of drug-likeness (QED) is 0.474. The molecular weight excluding hydrogens is 436 g/mol. The summed E-state index contributed by atoms with van der Waals surface area (Å²) in [6.45, 7) is 2.92. The first-order valence-electron chi connectivity index (χ1n) is 10.7. The number of nitrogens with one attached hydrogen (secondary N) is 1. The Balaban J connectivity index is 1.36. The Morgan fingerprint density at radius 3 is 2.52 bits per heavy atom. The van der Waals surface area contributed by atoms with Crippen molar-refractivity contribution in [1.29, 1.82) is 0 Å². The molecule has 0 bridgehead atoms. The molecule has 1 saturated heterocycles. The molecule has 0 unspecified atom stereocenters. The van der Waals surface area contributed by atoms with E-state index in [2.05, 4.69) is 32.0 Å². The third-order valence-corrected chi connectivity index (χ3v) is 6.05. The third kappa shape index (κ3) is 4.40. The SMILES string of the molecule is Nc1ncc(-c2cccc(Cl)c2)c(-c2c[nH]c(C(=O)N3CCN(c4ccccc4)CC3)c2)n1. The second kappa shape index (κ2) is 8.96. The molecule has 0 spiro atoms. The number of hydrogen-bond donors (Lipinski definition) is 2. The molecule has 166 valence electrons. The fourth-order valence-electron chi connectivity index (χ4n) is 4.11. The highest BCUT2D eigenvalue weighted by Crippen LogP contribution is 2.32. The third-order valence-electron chi connectivity index (χ3n) is 5.82. The van der Waals surface area contributed by atoms with Crippen molar-refractivity contribution in [1.82, 2.24) is 19.9 Å². The van der Waals surface area contributed by atoms with Crippen LogP contribution in [-0.2, 0) is 0 Å². The number of hydrogen-bond acceptors (Lipinski definition) is 5. The maximum absolute atomic E-state index is 13.2. The minimum Gasteiger partial charge on any atom is -0.368 e. The summed E-state index contributed by atoms with van der Waals surface area (Å²) >= 11 is 6.18. The van der Waals surface area contributed by atoms with Crippen molar-refractivity contribution in [2.45, 2.75) is 0 Å². The number of nitrogen functional groups attached to an aromatic ring is 1. The second-order valence-electron chi connectivity index (χ2n) is 7.92. The van der Waals surface area contributed by atoms with Crippen molar-refractivity contribution in [2.75, 3.05) is 36.8 Å². The van der Waals surface area contributed by atoms with Gasteiger partial charge in [0, 0.05) is 60.4 Å². The summed E-state index contributed by atoms with van der Waals surface area (Å²) in [5, 5.41) is 0.620. The Morgan fingerprint density at radius 1 is 0.970 bits per heavy atom. The van der Waals surface area contributed by atoms with E-state index in [4.69, 9.17) is 17.3 Å². The second-order valence-corrected chi connectivity index (χ2v) is 8.35. The first-order valence-corrected chi connectivity index (χ1v) is 11.1. The van der Waals surface area contributed by atoms with Crippen LogP contribution in [0.3, 0.4) is 0 Å². The zero-order valence-corrected chi connectivity index (χ0v) is 18.7. The average molecular weight is 459 g/mol. The molecule has 8 heteroatoms. The molecule has 0 aliphatic carbocycles. The van der Waals surface area contributed by atoms with Crippen LogP contribution in [0, 0.1) is 0 Å². The number of para-hydroxylation sites is 1. The number of benzene rings is 2. The minimum atomic E-state index is -0.0275. The largest absolute Gasteiger partial charge is 0.368 e. The van der Waals surface area contributed by atoms with Gasteiger partial charge in [0.2, 0.25) is 5.95 Å². The van der Waals surface area contributed by atoms with Gasteiger partial charge in [-0.3, -0.25) is 4.79 Å². The van der Waals surface area contributed by atoms with Gasteiger partial charge in [0.1, 0.15) is 5.69 Å². The predicted octanol–water partition coefficient (Wildman–Crippen LogP) is 4.34. The van der Waals surface area contributed by atoms with Gasteiger partial charge in [-0.25, -0.2) is 9.97 Å². The number of nitrogens with zero attached hydrogens (tertiary/aromatic N) is 4. The van der Waals surface area contributed by atoms with E-state index in [0.29, 0.717) is 29.5 Å². The summed E-state index contributed by atoms with van der Waals surface area (Å²) in [4.78, 5) is 29.1. The smallest absolute Gasteiger partial charge is 0.270 e. The molecule has 5 rings (SSSR count). The van der Waals surface area contributed by atoms with Crippen LogP contribution in [0.4, 0.5) is 11.6 Å². The average Bonchev–Trinajstić information content (AvgIpc) is 3.34. The van der Waals surface area contributed by atoms with E-state index >= 15 is 0 Å². The molecule has 1 aliphatic heterocycles. The van der Waals surface area contributed by atoms with E-state index in [-0.39, 0.29) is 11.9 Å². The van der Waals surface area contributed by atoms with E-state index in [1.165, 1.54) is 5.69 Å².